The van der Waals surface area contributed by atoms with E-state index < -0.39 is 0 Å². The van der Waals surface area contributed by atoms with Crippen LogP contribution < -0.4 is 15.0 Å². The molecule has 5 heteroatoms. The third kappa shape index (κ3) is 4.44. The van der Waals surface area contributed by atoms with Gasteiger partial charge in [-0.05, 0) is 54.8 Å². The third-order valence-corrected chi connectivity index (χ3v) is 5.94. The maximum absolute atomic E-state index is 12.8. The molecule has 1 aliphatic rings. The third-order valence-electron chi connectivity index (χ3n) is 5.94. The Morgan fingerprint density at radius 2 is 1.64 bits per heavy atom. The molecule has 0 aromatic heterocycles. The van der Waals surface area contributed by atoms with Gasteiger partial charge in [-0.3, -0.25) is 9.59 Å². The van der Waals surface area contributed by atoms with E-state index in [-0.39, 0.29) is 24.2 Å². The van der Waals surface area contributed by atoms with Crippen LogP contribution in [0.5, 0.6) is 11.5 Å². The largest absolute Gasteiger partial charge is 0.457 e. The highest BCUT2D eigenvalue weighted by molar-refractivity contribution is 6.03. The normalized spacial score (nSPS) is 15.6. The molecular formula is C28H24N2O3. The smallest absolute Gasteiger partial charge is 0.229 e. The summed E-state index contributed by atoms with van der Waals surface area (Å²) in [5.74, 6) is 0.903. The maximum atomic E-state index is 12.8. The number of amides is 2. The lowest BCUT2D eigenvalue weighted by Gasteiger charge is -2.17. The molecule has 0 spiro atoms. The molecular weight excluding hydrogens is 412 g/mol. The first kappa shape index (κ1) is 20.8. The number of fused-ring (bicyclic) bond motifs is 1. The minimum absolute atomic E-state index is 0.0298. The van der Waals surface area contributed by atoms with Gasteiger partial charge in [0.25, 0.3) is 0 Å². The van der Waals surface area contributed by atoms with Gasteiger partial charge in [0.1, 0.15) is 11.5 Å². The Labute approximate surface area is 192 Å². The Morgan fingerprint density at radius 1 is 0.909 bits per heavy atom. The van der Waals surface area contributed by atoms with Crippen LogP contribution in [0.15, 0.2) is 91.0 Å². The number of anilines is 2. The van der Waals surface area contributed by atoms with Crippen molar-refractivity contribution in [1.82, 2.24) is 0 Å². The highest BCUT2D eigenvalue weighted by Gasteiger charge is 2.35. The van der Waals surface area contributed by atoms with Gasteiger partial charge in [-0.1, -0.05) is 54.1 Å². The molecule has 0 aliphatic carbocycles. The van der Waals surface area contributed by atoms with Crippen LogP contribution in [0, 0.1) is 12.8 Å². The zero-order chi connectivity index (χ0) is 22.8. The highest BCUT2D eigenvalue weighted by Crippen LogP contribution is 2.31. The Balaban J connectivity index is 1.23. The summed E-state index contributed by atoms with van der Waals surface area (Å²) in [7, 11) is 0. The number of nitrogens with zero attached hydrogens (tertiary/aromatic N) is 1. The number of ether oxygens (including phenoxy) is 1. The Bertz CT molecular complexity index is 1310. The second kappa shape index (κ2) is 8.79. The molecule has 5 nitrogen and oxygen atoms in total. The molecule has 164 valence electrons. The van der Waals surface area contributed by atoms with Crippen molar-refractivity contribution in [1.29, 1.82) is 0 Å². The molecule has 0 radical (unpaired) electrons. The van der Waals surface area contributed by atoms with Crippen molar-refractivity contribution in [3.63, 3.8) is 0 Å². The number of hydrogen-bond acceptors (Lipinski definition) is 3. The highest BCUT2D eigenvalue weighted by atomic mass is 16.5. The number of aryl methyl sites for hydroxylation is 1. The van der Waals surface area contributed by atoms with Crippen molar-refractivity contribution in [3.8, 4) is 11.5 Å². The summed E-state index contributed by atoms with van der Waals surface area (Å²) in [6.45, 7) is 2.39. The van der Waals surface area contributed by atoms with Crippen molar-refractivity contribution in [2.75, 3.05) is 16.8 Å². The van der Waals surface area contributed by atoms with Gasteiger partial charge in [-0.15, -0.1) is 0 Å². The molecule has 33 heavy (non-hydrogen) atoms. The van der Waals surface area contributed by atoms with Crippen molar-refractivity contribution < 1.29 is 14.3 Å². The van der Waals surface area contributed by atoms with E-state index in [0.717, 1.165) is 27.8 Å². The van der Waals surface area contributed by atoms with E-state index in [1.807, 2.05) is 85.8 Å². The molecule has 1 fully saturated rings. The van der Waals surface area contributed by atoms with E-state index in [2.05, 4.69) is 17.4 Å². The standard InChI is InChI=1S/C28H24N2O3/c1-19-9-13-23(14-10-19)30-18-21(17-27(30)31)28(32)29-22-11-15-24(16-12-22)33-26-8-4-6-20-5-2-3-7-25(20)26/h2-16,21H,17-18H2,1H3,(H,29,32)/t21-/m0/s1. The summed E-state index contributed by atoms with van der Waals surface area (Å²) in [4.78, 5) is 26.9. The predicted molar refractivity (Wildman–Crippen MR) is 131 cm³/mol. The summed E-state index contributed by atoms with van der Waals surface area (Å²) < 4.78 is 6.07. The van der Waals surface area contributed by atoms with Crippen LogP contribution in [-0.4, -0.2) is 18.4 Å². The van der Waals surface area contributed by atoms with Gasteiger partial charge >= 0.3 is 0 Å². The van der Waals surface area contributed by atoms with Crippen molar-refractivity contribution in [2.24, 2.45) is 5.92 Å². The quantitative estimate of drug-likeness (QED) is 0.422. The van der Waals surface area contributed by atoms with Gasteiger partial charge in [-0.2, -0.15) is 0 Å². The SMILES string of the molecule is Cc1ccc(N2C[C@@H](C(=O)Nc3ccc(Oc4cccc5ccccc45)cc3)CC2=O)cc1. The fourth-order valence-corrected chi connectivity index (χ4v) is 4.12. The van der Waals surface area contributed by atoms with E-state index in [0.29, 0.717) is 18.0 Å². The number of nitrogens with one attached hydrogen (secondary N) is 1. The fourth-order valence-electron chi connectivity index (χ4n) is 4.12. The van der Waals surface area contributed by atoms with E-state index >= 15 is 0 Å². The first-order valence-electron chi connectivity index (χ1n) is 11.0. The van der Waals surface area contributed by atoms with Crippen LogP contribution in [0.2, 0.25) is 0 Å². The average molecular weight is 437 g/mol. The summed E-state index contributed by atoms with van der Waals surface area (Å²) in [6.07, 6.45) is 0.210. The summed E-state index contributed by atoms with van der Waals surface area (Å²) >= 11 is 0. The molecule has 0 saturated carbocycles. The molecule has 1 aliphatic heterocycles. The summed E-state index contributed by atoms with van der Waals surface area (Å²) in [5, 5.41) is 5.09. The molecule has 1 N–H and O–H groups in total. The van der Waals surface area contributed by atoms with E-state index in [1.54, 1.807) is 4.90 Å². The number of rotatable bonds is 5. The summed E-state index contributed by atoms with van der Waals surface area (Å²) in [5.41, 5.74) is 2.63. The lowest BCUT2D eigenvalue weighted by atomic mass is 10.1. The first-order valence-corrected chi connectivity index (χ1v) is 11.0. The topological polar surface area (TPSA) is 58.6 Å². The molecule has 5 rings (SSSR count). The molecule has 0 bridgehead atoms. The van der Waals surface area contributed by atoms with Crippen LogP contribution in [0.1, 0.15) is 12.0 Å². The van der Waals surface area contributed by atoms with Crippen molar-refractivity contribution >= 4 is 34.0 Å². The fraction of sp³-hybridized carbons (Fsp3) is 0.143. The monoisotopic (exact) mass is 436 g/mol. The molecule has 4 aromatic rings. The van der Waals surface area contributed by atoms with Crippen LogP contribution in [0.4, 0.5) is 11.4 Å². The second-order valence-corrected chi connectivity index (χ2v) is 8.33. The predicted octanol–water partition coefficient (Wildman–Crippen LogP) is 5.93. The second-order valence-electron chi connectivity index (χ2n) is 8.33. The lowest BCUT2D eigenvalue weighted by molar-refractivity contribution is -0.122. The van der Waals surface area contributed by atoms with Crippen molar-refractivity contribution in [2.45, 2.75) is 13.3 Å². The Morgan fingerprint density at radius 3 is 2.42 bits per heavy atom. The molecule has 1 heterocycles. The molecule has 4 aromatic carbocycles. The maximum Gasteiger partial charge on any atom is 0.229 e. The van der Waals surface area contributed by atoms with Crippen LogP contribution >= 0.6 is 0 Å². The Hall–Kier alpha value is -4.12. The van der Waals surface area contributed by atoms with Gasteiger partial charge in [0, 0.05) is 29.7 Å². The van der Waals surface area contributed by atoms with E-state index in [4.69, 9.17) is 4.74 Å². The van der Waals surface area contributed by atoms with Crippen molar-refractivity contribution in [3.05, 3.63) is 96.6 Å². The minimum Gasteiger partial charge on any atom is -0.457 e. The van der Waals surface area contributed by atoms with Crippen LogP contribution in [0.25, 0.3) is 10.8 Å². The molecule has 2 amide bonds. The average Bonchev–Trinajstić information content (AvgIpc) is 3.23. The first-order chi connectivity index (χ1) is 16.1. The molecule has 1 saturated heterocycles. The number of carbonyl (C=O) groups excluding carboxylic acids is 2. The van der Waals surface area contributed by atoms with Gasteiger partial charge in [0.2, 0.25) is 11.8 Å². The van der Waals surface area contributed by atoms with Gasteiger partial charge in [0.05, 0.1) is 5.92 Å². The number of carbonyl (C=O) groups is 2. The Kier molecular flexibility index (Phi) is 5.53. The molecule has 1 atom stereocenters. The van der Waals surface area contributed by atoms with E-state index in [9.17, 15) is 9.59 Å². The number of benzene rings is 4. The van der Waals surface area contributed by atoms with Gasteiger partial charge in [0.15, 0.2) is 0 Å². The zero-order valence-electron chi connectivity index (χ0n) is 18.3. The van der Waals surface area contributed by atoms with E-state index in [1.165, 1.54) is 0 Å². The zero-order valence-corrected chi connectivity index (χ0v) is 18.3. The molecule has 0 unspecified atom stereocenters. The van der Waals surface area contributed by atoms with Crippen LogP contribution in [0.3, 0.4) is 0 Å². The van der Waals surface area contributed by atoms with Gasteiger partial charge < -0.3 is 15.0 Å². The summed E-state index contributed by atoms with van der Waals surface area (Å²) in [6, 6.07) is 29.1. The number of hydrogen-bond donors (Lipinski definition) is 1. The van der Waals surface area contributed by atoms with Crippen LogP contribution in [-0.2, 0) is 9.59 Å². The van der Waals surface area contributed by atoms with Gasteiger partial charge in [-0.25, -0.2) is 0 Å². The minimum atomic E-state index is -0.384. The lowest BCUT2D eigenvalue weighted by Crippen LogP contribution is -2.28.